The SMILES string of the molecule is N#Cc1ccc(-c2ccc(N(c3ccc(-c4nc5ccccc5s4)cc3)c3ccc(-c4cccc5c4oc4ccccc45)cc3)cc2)cc1C#N. The first-order valence-corrected chi connectivity index (χ1v) is 17.3. The van der Waals surface area contributed by atoms with Gasteiger partial charge in [0.1, 0.15) is 28.3 Å². The van der Waals surface area contributed by atoms with Crippen LogP contribution in [0.4, 0.5) is 17.1 Å². The van der Waals surface area contributed by atoms with Gasteiger partial charge in [0.05, 0.1) is 21.3 Å². The average molecular weight is 671 g/mol. The molecule has 0 fully saturated rings. The van der Waals surface area contributed by atoms with Gasteiger partial charge in [-0.15, -0.1) is 11.3 Å². The second-order valence-electron chi connectivity index (χ2n) is 12.2. The number of hydrogen-bond donors (Lipinski definition) is 0. The Morgan fingerprint density at radius 1 is 0.529 bits per heavy atom. The molecule has 0 spiro atoms. The van der Waals surface area contributed by atoms with Crippen molar-refractivity contribution >= 4 is 60.6 Å². The molecule has 0 N–H and O–H groups in total. The third kappa shape index (κ3) is 5.37. The van der Waals surface area contributed by atoms with Gasteiger partial charge < -0.3 is 9.32 Å². The zero-order valence-electron chi connectivity index (χ0n) is 27.1. The molecule has 0 aliphatic heterocycles. The molecule has 9 aromatic rings. The zero-order valence-corrected chi connectivity index (χ0v) is 27.9. The average Bonchev–Trinajstić information content (AvgIpc) is 3.81. The van der Waals surface area contributed by atoms with Crippen LogP contribution in [0.15, 0.2) is 162 Å². The molecule has 2 aromatic heterocycles. The van der Waals surface area contributed by atoms with Crippen molar-refractivity contribution in [1.82, 2.24) is 4.98 Å². The summed E-state index contributed by atoms with van der Waals surface area (Å²) in [6, 6.07) is 57.7. The number of hydrogen-bond acceptors (Lipinski definition) is 6. The number of nitriles is 2. The highest BCUT2D eigenvalue weighted by molar-refractivity contribution is 7.21. The van der Waals surface area contributed by atoms with Gasteiger partial charge in [0, 0.05) is 39.0 Å². The highest BCUT2D eigenvalue weighted by Crippen LogP contribution is 2.40. The topological polar surface area (TPSA) is 76.8 Å². The lowest BCUT2D eigenvalue weighted by Crippen LogP contribution is -2.09. The summed E-state index contributed by atoms with van der Waals surface area (Å²) in [6.07, 6.45) is 0. The molecule has 51 heavy (non-hydrogen) atoms. The summed E-state index contributed by atoms with van der Waals surface area (Å²) in [6.45, 7) is 0. The number of para-hydroxylation sites is 3. The van der Waals surface area contributed by atoms with Gasteiger partial charge in [0.25, 0.3) is 0 Å². The maximum Gasteiger partial charge on any atom is 0.143 e. The summed E-state index contributed by atoms with van der Waals surface area (Å²) >= 11 is 1.69. The summed E-state index contributed by atoms with van der Waals surface area (Å²) < 4.78 is 7.52. The van der Waals surface area contributed by atoms with Crippen LogP contribution in [-0.4, -0.2) is 4.98 Å². The van der Waals surface area contributed by atoms with Gasteiger partial charge >= 0.3 is 0 Å². The van der Waals surface area contributed by atoms with Crippen LogP contribution in [0.3, 0.4) is 0 Å². The molecule has 0 radical (unpaired) electrons. The Morgan fingerprint density at radius 3 is 1.84 bits per heavy atom. The maximum absolute atomic E-state index is 9.58. The molecule has 0 bridgehead atoms. The smallest absolute Gasteiger partial charge is 0.143 e. The summed E-state index contributed by atoms with van der Waals surface area (Å²) in [5, 5.41) is 22.2. The molecule has 0 aliphatic rings. The number of aromatic nitrogens is 1. The molecular weight excluding hydrogens is 645 g/mol. The Hall–Kier alpha value is -6.99. The van der Waals surface area contributed by atoms with Gasteiger partial charge in [-0.2, -0.15) is 10.5 Å². The van der Waals surface area contributed by atoms with Crippen LogP contribution in [0.25, 0.3) is 65.0 Å². The minimum Gasteiger partial charge on any atom is -0.455 e. The number of rotatable bonds is 6. The van der Waals surface area contributed by atoms with Crippen molar-refractivity contribution in [2.24, 2.45) is 0 Å². The Morgan fingerprint density at radius 2 is 1.14 bits per heavy atom. The van der Waals surface area contributed by atoms with E-state index in [0.29, 0.717) is 11.1 Å². The van der Waals surface area contributed by atoms with Crippen molar-refractivity contribution in [2.75, 3.05) is 4.90 Å². The number of thiazole rings is 1. The van der Waals surface area contributed by atoms with Crippen molar-refractivity contribution < 1.29 is 4.42 Å². The third-order valence-corrected chi connectivity index (χ3v) is 10.3. The molecule has 0 unspecified atom stereocenters. The lowest BCUT2D eigenvalue weighted by Gasteiger charge is -2.26. The van der Waals surface area contributed by atoms with Crippen LogP contribution in [0.2, 0.25) is 0 Å². The summed E-state index contributed by atoms with van der Waals surface area (Å²) in [4.78, 5) is 7.10. The Balaban J connectivity index is 1.11. The fourth-order valence-electron chi connectivity index (χ4n) is 6.68. The quantitative estimate of drug-likeness (QED) is 0.176. The Kier molecular flexibility index (Phi) is 7.36. The van der Waals surface area contributed by atoms with Crippen LogP contribution < -0.4 is 4.90 Å². The highest BCUT2D eigenvalue weighted by Gasteiger charge is 2.17. The molecule has 0 saturated heterocycles. The molecule has 5 nitrogen and oxygen atoms in total. The van der Waals surface area contributed by atoms with E-state index in [1.54, 1.807) is 23.5 Å². The van der Waals surface area contributed by atoms with E-state index in [1.807, 2.05) is 42.5 Å². The van der Waals surface area contributed by atoms with Gasteiger partial charge in [0.15, 0.2) is 0 Å². The first-order chi connectivity index (χ1) is 25.2. The zero-order chi connectivity index (χ0) is 34.3. The number of fused-ring (bicyclic) bond motifs is 4. The minimum absolute atomic E-state index is 0.368. The van der Waals surface area contributed by atoms with Crippen LogP contribution >= 0.6 is 11.3 Å². The molecule has 2 heterocycles. The largest absolute Gasteiger partial charge is 0.455 e. The summed E-state index contributed by atoms with van der Waals surface area (Å²) in [7, 11) is 0. The van der Waals surface area contributed by atoms with E-state index in [9.17, 15) is 10.5 Å². The second kappa shape index (κ2) is 12.5. The predicted molar refractivity (Wildman–Crippen MR) is 207 cm³/mol. The number of anilines is 3. The van der Waals surface area contributed by atoms with Crippen molar-refractivity contribution in [3.63, 3.8) is 0 Å². The van der Waals surface area contributed by atoms with Crippen molar-refractivity contribution in [2.45, 2.75) is 0 Å². The monoisotopic (exact) mass is 670 g/mol. The molecule has 0 saturated carbocycles. The first-order valence-electron chi connectivity index (χ1n) is 16.5. The van der Waals surface area contributed by atoms with E-state index in [2.05, 4.69) is 120 Å². The fraction of sp³-hybridized carbons (Fsp3) is 0. The molecule has 7 aromatic carbocycles. The van der Waals surface area contributed by atoms with Crippen LogP contribution in [0.5, 0.6) is 0 Å². The summed E-state index contributed by atoms with van der Waals surface area (Å²) in [5.74, 6) is 0. The van der Waals surface area contributed by atoms with Gasteiger partial charge in [0.2, 0.25) is 0 Å². The number of nitrogens with zero attached hydrogens (tertiary/aromatic N) is 4. The molecule has 9 rings (SSSR count). The Bertz CT molecular complexity index is 2790. The van der Waals surface area contributed by atoms with E-state index in [-0.39, 0.29) is 0 Å². The molecule has 0 amide bonds. The van der Waals surface area contributed by atoms with Crippen LogP contribution in [0.1, 0.15) is 11.1 Å². The van der Waals surface area contributed by atoms with E-state index in [0.717, 1.165) is 77.3 Å². The first kappa shape index (κ1) is 30.1. The van der Waals surface area contributed by atoms with Crippen molar-refractivity contribution in [1.29, 1.82) is 10.5 Å². The minimum atomic E-state index is 0.368. The standard InChI is InChI=1S/C45H26N4OS/c46-27-33-13-12-32(26-34(33)28-47)29-14-20-35(21-15-29)49(37-24-18-31(19-25-37)45-48-41-9-2-4-11-43(41)51-45)36-22-16-30(17-23-36)38-7-5-8-40-39-6-1-3-10-42(39)50-44(38)40/h1-26H. The second-order valence-corrected chi connectivity index (χ2v) is 13.3. The number of furan rings is 1. The molecule has 0 atom stereocenters. The van der Waals surface area contributed by atoms with E-state index >= 15 is 0 Å². The predicted octanol–water partition coefficient (Wildman–Crippen LogP) is 12.4. The lowest BCUT2D eigenvalue weighted by molar-refractivity contribution is 0.670. The molecule has 0 aliphatic carbocycles. The van der Waals surface area contributed by atoms with Gasteiger partial charge in [-0.25, -0.2) is 4.98 Å². The molecule has 238 valence electrons. The third-order valence-electron chi connectivity index (χ3n) is 9.23. The Labute approximate surface area is 298 Å². The molecular formula is C45H26N4OS. The van der Waals surface area contributed by atoms with Crippen LogP contribution in [0, 0.1) is 22.7 Å². The normalized spacial score (nSPS) is 11.1. The maximum atomic E-state index is 9.58. The van der Waals surface area contributed by atoms with Gasteiger partial charge in [-0.1, -0.05) is 78.9 Å². The van der Waals surface area contributed by atoms with Crippen LogP contribution in [-0.2, 0) is 0 Å². The van der Waals surface area contributed by atoms with Crippen molar-refractivity contribution in [3.05, 3.63) is 169 Å². The lowest BCUT2D eigenvalue weighted by atomic mass is 9.99. The fourth-order valence-corrected chi connectivity index (χ4v) is 7.65. The molecule has 6 heteroatoms. The number of benzene rings is 7. The van der Waals surface area contributed by atoms with E-state index in [1.165, 1.54) is 4.70 Å². The van der Waals surface area contributed by atoms with E-state index in [4.69, 9.17) is 9.40 Å². The van der Waals surface area contributed by atoms with E-state index < -0.39 is 0 Å². The summed E-state index contributed by atoms with van der Waals surface area (Å²) in [5.41, 5.74) is 11.5. The van der Waals surface area contributed by atoms with Gasteiger partial charge in [-0.05, 0) is 95.6 Å². The highest BCUT2D eigenvalue weighted by atomic mass is 32.1. The van der Waals surface area contributed by atoms with Gasteiger partial charge in [-0.3, -0.25) is 0 Å². The van der Waals surface area contributed by atoms with Crippen molar-refractivity contribution in [3.8, 4) is 45.0 Å².